The molecule has 1 rings (SSSR count). The first kappa shape index (κ1) is 18.0. The Bertz CT molecular complexity index is 576. The average molecular weight is 321 g/mol. The number of aliphatic hydroxyl groups excluding tert-OH is 1. The van der Waals surface area contributed by atoms with E-state index in [1.54, 1.807) is 6.92 Å². The molecule has 0 aromatic heterocycles. The highest BCUT2D eigenvalue weighted by atomic mass is 32.2. The van der Waals surface area contributed by atoms with Gasteiger partial charge in [0.25, 0.3) is 0 Å². The Balaban J connectivity index is 2.95. The summed E-state index contributed by atoms with van der Waals surface area (Å²) in [5.41, 5.74) is 0.00733. The van der Waals surface area contributed by atoms with Crippen LogP contribution in [0.4, 0.5) is 8.78 Å². The van der Waals surface area contributed by atoms with E-state index in [-0.39, 0.29) is 11.6 Å². The lowest BCUT2D eigenvalue weighted by molar-refractivity contribution is 0.280. The normalized spacial score (nSPS) is 13.4. The molecule has 1 atom stereocenters. The van der Waals surface area contributed by atoms with Crippen LogP contribution in [0.3, 0.4) is 0 Å². The fourth-order valence-corrected chi connectivity index (χ4v) is 3.41. The minimum atomic E-state index is -4.16. The molecule has 0 fully saturated rings. The molecule has 7 heteroatoms. The second kappa shape index (κ2) is 7.82. The number of unbranched alkanes of at least 4 members (excludes halogenated alkanes) is 2. The smallest absolute Gasteiger partial charge is 0.243 e. The quantitative estimate of drug-likeness (QED) is 0.724. The second-order valence-corrected chi connectivity index (χ2v) is 6.75. The van der Waals surface area contributed by atoms with Crippen LogP contribution in [-0.4, -0.2) is 19.6 Å². The third-order valence-corrected chi connectivity index (χ3v) is 4.71. The maximum Gasteiger partial charge on any atom is 0.243 e. The number of halogens is 2. The van der Waals surface area contributed by atoms with E-state index < -0.39 is 33.2 Å². The zero-order valence-electron chi connectivity index (χ0n) is 12.2. The largest absolute Gasteiger partial charge is 0.392 e. The molecule has 0 aliphatic carbocycles. The van der Waals surface area contributed by atoms with Crippen molar-refractivity contribution in [1.82, 2.24) is 4.72 Å². The van der Waals surface area contributed by atoms with Gasteiger partial charge in [0.05, 0.1) is 6.61 Å². The summed E-state index contributed by atoms with van der Waals surface area (Å²) in [6.45, 7) is 3.15. The lowest BCUT2D eigenvalue weighted by Crippen LogP contribution is -2.33. The molecule has 21 heavy (non-hydrogen) atoms. The van der Waals surface area contributed by atoms with Gasteiger partial charge in [-0.1, -0.05) is 26.2 Å². The van der Waals surface area contributed by atoms with E-state index in [1.165, 1.54) is 0 Å². The van der Waals surface area contributed by atoms with E-state index in [9.17, 15) is 17.2 Å². The Morgan fingerprint density at radius 2 is 1.95 bits per heavy atom. The van der Waals surface area contributed by atoms with E-state index in [0.717, 1.165) is 31.4 Å². The minimum absolute atomic E-state index is 0.00733. The maximum absolute atomic E-state index is 13.7. The number of hydrogen-bond donors (Lipinski definition) is 2. The zero-order valence-corrected chi connectivity index (χ0v) is 13.0. The third-order valence-electron chi connectivity index (χ3n) is 3.12. The molecule has 0 aliphatic heterocycles. The number of benzene rings is 1. The number of nitrogens with one attached hydrogen (secondary N) is 1. The third kappa shape index (κ3) is 5.01. The molecule has 0 amide bonds. The monoisotopic (exact) mass is 321 g/mol. The maximum atomic E-state index is 13.7. The first-order valence-electron chi connectivity index (χ1n) is 6.93. The summed E-state index contributed by atoms with van der Waals surface area (Å²) in [5, 5.41) is 8.96. The van der Waals surface area contributed by atoms with Crippen molar-refractivity contribution in [3.63, 3.8) is 0 Å². The zero-order chi connectivity index (χ0) is 16.0. The van der Waals surface area contributed by atoms with Crippen molar-refractivity contribution in [2.45, 2.75) is 57.1 Å². The molecule has 0 saturated carbocycles. The van der Waals surface area contributed by atoms with Crippen molar-refractivity contribution in [2.75, 3.05) is 0 Å². The molecule has 4 nitrogen and oxygen atoms in total. The molecule has 0 aliphatic rings. The van der Waals surface area contributed by atoms with E-state index in [2.05, 4.69) is 4.72 Å². The highest BCUT2D eigenvalue weighted by Crippen LogP contribution is 2.20. The summed E-state index contributed by atoms with van der Waals surface area (Å²) in [7, 11) is -4.16. The van der Waals surface area contributed by atoms with E-state index in [0.29, 0.717) is 6.42 Å². The second-order valence-electron chi connectivity index (χ2n) is 5.07. The summed E-state index contributed by atoms with van der Waals surface area (Å²) >= 11 is 0. The van der Waals surface area contributed by atoms with Crippen LogP contribution in [0, 0.1) is 11.6 Å². The van der Waals surface area contributed by atoms with Crippen LogP contribution in [0.15, 0.2) is 17.0 Å². The van der Waals surface area contributed by atoms with Crippen LogP contribution < -0.4 is 4.72 Å². The van der Waals surface area contributed by atoms with Gasteiger partial charge in [-0.3, -0.25) is 0 Å². The van der Waals surface area contributed by atoms with Crippen molar-refractivity contribution in [1.29, 1.82) is 0 Å². The Morgan fingerprint density at radius 3 is 2.52 bits per heavy atom. The van der Waals surface area contributed by atoms with Gasteiger partial charge in [0.15, 0.2) is 11.6 Å². The van der Waals surface area contributed by atoms with Gasteiger partial charge in [0, 0.05) is 6.04 Å². The van der Waals surface area contributed by atoms with Gasteiger partial charge in [-0.15, -0.1) is 0 Å². The van der Waals surface area contributed by atoms with Gasteiger partial charge in [0.2, 0.25) is 10.0 Å². The fraction of sp³-hybridized carbons (Fsp3) is 0.571. The molecule has 120 valence electrons. The van der Waals surface area contributed by atoms with Crippen LogP contribution in [-0.2, 0) is 16.6 Å². The van der Waals surface area contributed by atoms with Crippen molar-refractivity contribution in [3.8, 4) is 0 Å². The lowest BCUT2D eigenvalue weighted by Gasteiger charge is -2.15. The lowest BCUT2D eigenvalue weighted by atomic mass is 10.1. The van der Waals surface area contributed by atoms with E-state index >= 15 is 0 Å². The Hall–Kier alpha value is -1.05. The van der Waals surface area contributed by atoms with Crippen molar-refractivity contribution in [2.24, 2.45) is 0 Å². The van der Waals surface area contributed by atoms with E-state index in [4.69, 9.17) is 5.11 Å². The Kier molecular flexibility index (Phi) is 6.70. The molecular weight excluding hydrogens is 300 g/mol. The topological polar surface area (TPSA) is 66.4 Å². The molecule has 0 spiro atoms. The molecule has 1 aromatic rings. The summed E-state index contributed by atoms with van der Waals surface area (Å²) < 4.78 is 53.6. The van der Waals surface area contributed by atoms with Crippen LogP contribution >= 0.6 is 0 Å². The summed E-state index contributed by atoms with van der Waals surface area (Å²) in [6.07, 6.45) is 3.47. The predicted octanol–water partition coefficient (Wildman–Crippen LogP) is 2.70. The summed E-state index contributed by atoms with van der Waals surface area (Å²) in [6, 6.07) is 1.35. The first-order valence-corrected chi connectivity index (χ1v) is 8.41. The average Bonchev–Trinajstić information content (AvgIpc) is 2.41. The molecule has 0 bridgehead atoms. The Morgan fingerprint density at radius 1 is 1.29 bits per heavy atom. The standard InChI is InChI=1S/C14H21F2NO3S/c1-3-4-5-6-10(2)17-21(19,20)13-8-11(9-18)7-12(15)14(13)16/h7-8,10,17-18H,3-6,9H2,1-2H3. The molecule has 1 aromatic carbocycles. The van der Waals surface area contributed by atoms with Gasteiger partial charge in [0.1, 0.15) is 4.90 Å². The highest BCUT2D eigenvalue weighted by molar-refractivity contribution is 7.89. The molecule has 0 saturated heterocycles. The molecule has 2 N–H and O–H groups in total. The van der Waals surface area contributed by atoms with Gasteiger partial charge >= 0.3 is 0 Å². The molecule has 1 unspecified atom stereocenters. The summed E-state index contributed by atoms with van der Waals surface area (Å²) in [5.74, 6) is -2.72. The molecule has 0 radical (unpaired) electrons. The Labute approximate surface area is 124 Å². The highest BCUT2D eigenvalue weighted by Gasteiger charge is 2.24. The van der Waals surface area contributed by atoms with Crippen molar-refractivity contribution in [3.05, 3.63) is 29.3 Å². The van der Waals surface area contributed by atoms with Gasteiger partial charge < -0.3 is 5.11 Å². The predicted molar refractivity (Wildman–Crippen MR) is 76.2 cm³/mol. The number of sulfonamides is 1. The van der Waals surface area contributed by atoms with Crippen molar-refractivity contribution < 1.29 is 22.3 Å². The van der Waals surface area contributed by atoms with Gasteiger partial charge in [-0.05, 0) is 31.0 Å². The van der Waals surface area contributed by atoms with Crippen LogP contribution in [0.5, 0.6) is 0 Å². The number of hydrogen-bond acceptors (Lipinski definition) is 3. The van der Waals surface area contributed by atoms with E-state index in [1.807, 2.05) is 6.92 Å². The number of rotatable bonds is 8. The fourth-order valence-electron chi connectivity index (χ4n) is 1.99. The minimum Gasteiger partial charge on any atom is -0.392 e. The van der Waals surface area contributed by atoms with Gasteiger partial charge in [-0.25, -0.2) is 21.9 Å². The van der Waals surface area contributed by atoms with Crippen LogP contribution in [0.1, 0.15) is 45.1 Å². The molecule has 0 heterocycles. The van der Waals surface area contributed by atoms with Crippen molar-refractivity contribution >= 4 is 10.0 Å². The van der Waals surface area contributed by atoms with Gasteiger partial charge in [-0.2, -0.15) is 0 Å². The number of aliphatic hydroxyl groups is 1. The van der Waals surface area contributed by atoms with Crippen LogP contribution in [0.2, 0.25) is 0 Å². The first-order chi connectivity index (χ1) is 9.81. The van der Waals surface area contributed by atoms with Crippen LogP contribution in [0.25, 0.3) is 0 Å². The summed E-state index contributed by atoms with van der Waals surface area (Å²) in [4.78, 5) is -0.770. The SMILES string of the molecule is CCCCCC(C)NS(=O)(=O)c1cc(CO)cc(F)c1F. The molecular formula is C14H21F2NO3S.